The van der Waals surface area contributed by atoms with Crippen molar-refractivity contribution in [3.63, 3.8) is 0 Å². The fourth-order valence-electron chi connectivity index (χ4n) is 2.15. The van der Waals surface area contributed by atoms with Crippen molar-refractivity contribution in [3.8, 4) is 0 Å². The quantitative estimate of drug-likeness (QED) is 0.385. The van der Waals surface area contributed by atoms with Gasteiger partial charge < -0.3 is 14.8 Å². The summed E-state index contributed by atoms with van der Waals surface area (Å²) in [4.78, 5) is 22.3. The molecule has 0 bridgehead atoms. The van der Waals surface area contributed by atoms with E-state index in [1.807, 2.05) is 0 Å². The van der Waals surface area contributed by atoms with Gasteiger partial charge in [-0.05, 0) is 13.3 Å². The monoisotopic (exact) mass is 315 g/mol. The topological polar surface area (TPSA) is 64.6 Å². The van der Waals surface area contributed by atoms with Crippen LogP contribution in [0.25, 0.3) is 0 Å². The van der Waals surface area contributed by atoms with E-state index in [9.17, 15) is 9.59 Å². The number of amides is 1. The second-order valence-corrected chi connectivity index (χ2v) is 5.48. The molecule has 0 aliphatic heterocycles. The number of carbonyl (C=O) groups excluding carboxylic acids is 2. The van der Waals surface area contributed by atoms with E-state index in [0.29, 0.717) is 13.2 Å². The Labute approximate surface area is 135 Å². The predicted octanol–water partition coefficient (Wildman–Crippen LogP) is 4.20. The van der Waals surface area contributed by atoms with Crippen LogP contribution in [-0.4, -0.2) is 31.8 Å². The molecule has 5 heteroatoms. The molecule has 1 amide bonds. The van der Waals surface area contributed by atoms with Crippen LogP contribution < -0.4 is 5.32 Å². The Balaban J connectivity index is 3.22. The molecule has 0 rings (SSSR count). The number of ether oxygens (including phenoxy) is 2. The standard InChI is InChI=1S/C17H33NO4/c1-3-5-6-7-8-9-10-11-12-13-14-22-16(19)15-18-17(20)21-4-2/h3-15H2,1-2H3,(H,18,20). The van der Waals surface area contributed by atoms with Crippen LogP contribution in [0.3, 0.4) is 0 Å². The molecule has 0 aromatic rings. The molecule has 0 radical (unpaired) electrons. The Morgan fingerprint density at radius 2 is 1.32 bits per heavy atom. The van der Waals surface area contributed by atoms with Gasteiger partial charge in [-0.15, -0.1) is 0 Å². The molecule has 0 spiro atoms. The van der Waals surface area contributed by atoms with Crippen molar-refractivity contribution in [1.29, 1.82) is 0 Å². The number of nitrogens with one attached hydrogen (secondary N) is 1. The highest BCUT2D eigenvalue weighted by atomic mass is 16.6. The summed E-state index contributed by atoms with van der Waals surface area (Å²) in [6.45, 7) is 4.54. The SMILES string of the molecule is CCCCCCCCCCCCOC(=O)CNC(=O)OCC. The predicted molar refractivity (Wildman–Crippen MR) is 87.8 cm³/mol. The fraction of sp³-hybridized carbons (Fsp3) is 0.882. The van der Waals surface area contributed by atoms with E-state index in [1.54, 1.807) is 6.92 Å². The molecule has 5 nitrogen and oxygen atoms in total. The first-order valence-electron chi connectivity index (χ1n) is 8.77. The second-order valence-electron chi connectivity index (χ2n) is 5.48. The van der Waals surface area contributed by atoms with E-state index in [0.717, 1.165) is 12.8 Å². The highest BCUT2D eigenvalue weighted by molar-refractivity contribution is 5.77. The molecule has 130 valence electrons. The summed E-state index contributed by atoms with van der Waals surface area (Å²) in [7, 11) is 0. The molecule has 0 heterocycles. The van der Waals surface area contributed by atoms with Crippen LogP contribution in [0.5, 0.6) is 0 Å². The van der Waals surface area contributed by atoms with E-state index in [4.69, 9.17) is 4.74 Å². The van der Waals surface area contributed by atoms with Gasteiger partial charge in [-0.1, -0.05) is 64.7 Å². The number of rotatable bonds is 14. The third kappa shape index (κ3) is 15.1. The highest BCUT2D eigenvalue weighted by Crippen LogP contribution is 2.10. The van der Waals surface area contributed by atoms with Crippen molar-refractivity contribution in [2.24, 2.45) is 0 Å². The Bertz CT molecular complexity index is 282. The molecule has 0 aromatic carbocycles. The van der Waals surface area contributed by atoms with Gasteiger partial charge in [-0.25, -0.2) is 4.79 Å². The van der Waals surface area contributed by atoms with Crippen LogP contribution in [0.4, 0.5) is 4.79 Å². The first kappa shape index (κ1) is 20.7. The number of hydrogen-bond donors (Lipinski definition) is 1. The minimum absolute atomic E-state index is 0.128. The number of hydrogen-bond acceptors (Lipinski definition) is 4. The van der Waals surface area contributed by atoms with E-state index in [2.05, 4.69) is 17.0 Å². The maximum atomic E-state index is 11.3. The van der Waals surface area contributed by atoms with Gasteiger partial charge in [0.05, 0.1) is 13.2 Å². The van der Waals surface area contributed by atoms with Gasteiger partial charge in [0.2, 0.25) is 0 Å². The van der Waals surface area contributed by atoms with E-state index in [-0.39, 0.29) is 6.54 Å². The van der Waals surface area contributed by atoms with Gasteiger partial charge in [-0.2, -0.15) is 0 Å². The Morgan fingerprint density at radius 3 is 1.86 bits per heavy atom. The summed E-state index contributed by atoms with van der Waals surface area (Å²) in [6.07, 6.45) is 11.9. The van der Waals surface area contributed by atoms with Crippen molar-refractivity contribution < 1.29 is 19.1 Å². The Kier molecular flexibility index (Phi) is 15.2. The summed E-state index contributed by atoms with van der Waals surface area (Å²) in [5.41, 5.74) is 0. The highest BCUT2D eigenvalue weighted by Gasteiger charge is 2.06. The van der Waals surface area contributed by atoms with Crippen LogP contribution in [0.1, 0.15) is 78.1 Å². The van der Waals surface area contributed by atoms with Crippen LogP contribution in [0.15, 0.2) is 0 Å². The summed E-state index contributed by atoms with van der Waals surface area (Å²) in [6, 6.07) is 0. The van der Waals surface area contributed by atoms with Gasteiger partial charge in [0.1, 0.15) is 6.54 Å². The zero-order valence-corrected chi connectivity index (χ0v) is 14.3. The average molecular weight is 315 g/mol. The van der Waals surface area contributed by atoms with E-state index in [1.165, 1.54) is 51.4 Å². The van der Waals surface area contributed by atoms with Crippen molar-refractivity contribution >= 4 is 12.1 Å². The fourth-order valence-corrected chi connectivity index (χ4v) is 2.15. The van der Waals surface area contributed by atoms with Crippen LogP contribution in [-0.2, 0) is 14.3 Å². The lowest BCUT2D eigenvalue weighted by Gasteiger charge is -2.06. The average Bonchev–Trinajstić information content (AvgIpc) is 2.51. The third-order valence-electron chi connectivity index (χ3n) is 3.41. The zero-order chi connectivity index (χ0) is 16.5. The lowest BCUT2D eigenvalue weighted by Crippen LogP contribution is -2.31. The molecule has 0 atom stereocenters. The van der Waals surface area contributed by atoms with Gasteiger partial charge in [-0.3, -0.25) is 4.79 Å². The lowest BCUT2D eigenvalue weighted by molar-refractivity contribution is -0.142. The largest absolute Gasteiger partial charge is 0.464 e. The molecule has 0 aliphatic carbocycles. The molecule has 0 fully saturated rings. The number of alkyl carbamates (subject to hydrolysis) is 1. The zero-order valence-electron chi connectivity index (χ0n) is 14.3. The van der Waals surface area contributed by atoms with Gasteiger partial charge >= 0.3 is 12.1 Å². The summed E-state index contributed by atoms with van der Waals surface area (Å²) in [5.74, 6) is -0.413. The maximum absolute atomic E-state index is 11.3. The van der Waals surface area contributed by atoms with Gasteiger partial charge in [0.25, 0.3) is 0 Å². The summed E-state index contributed by atoms with van der Waals surface area (Å²) < 4.78 is 9.68. The first-order chi connectivity index (χ1) is 10.7. The smallest absolute Gasteiger partial charge is 0.407 e. The molecule has 22 heavy (non-hydrogen) atoms. The number of unbranched alkanes of at least 4 members (excludes halogenated alkanes) is 9. The molecule has 0 saturated heterocycles. The molecule has 0 saturated carbocycles. The molecule has 0 unspecified atom stereocenters. The molecular weight excluding hydrogens is 282 g/mol. The van der Waals surface area contributed by atoms with Crippen molar-refractivity contribution in [2.45, 2.75) is 78.1 Å². The van der Waals surface area contributed by atoms with E-state index < -0.39 is 12.1 Å². The van der Waals surface area contributed by atoms with Gasteiger partial charge in [0, 0.05) is 0 Å². The van der Waals surface area contributed by atoms with Crippen LogP contribution >= 0.6 is 0 Å². The molecule has 1 N–H and O–H groups in total. The summed E-state index contributed by atoms with van der Waals surface area (Å²) >= 11 is 0. The van der Waals surface area contributed by atoms with E-state index >= 15 is 0 Å². The molecular formula is C17H33NO4. The normalized spacial score (nSPS) is 10.3. The van der Waals surface area contributed by atoms with Crippen LogP contribution in [0, 0.1) is 0 Å². The minimum atomic E-state index is -0.585. The summed E-state index contributed by atoms with van der Waals surface area (Å²) in [5, 5.41) is 2.34. The minimum Gasteiger partial charge on any atom is -0.464 e. The van der Waals surface area contributed by atoms with Crippen LogP contribution in [0.2, 0.25) is 0 Å². The number of esters is 1. The van der Waals surface area contributed by atoms with Gasteiger partial charge in [0.15, 0.2) is 0 Å². The van der Waals surface area contributed by atoms with Crippen molar-refractivity contribution in [2.75, 3.05) is 19.8 Å². The lowest BCUT2D eigenvalue weighted by atomic mass is 10.1. The maximum Gasteiger partial charge on any atom is 0.407 e. The van der Waals surface area contributed by atoms with Crippen molar-refractivity contribution in [3.05, 3.63) is 0 Å². The second kappa shape index (κ2) is 16.1. The molecule has 0 aliphatic rings. The Morgan fingerprint density at radius 1 is 0.773 bits per heavy atom. The van der Waals surface area contributed by atoms with Crippen molar-refractivity contribution in [1.82, 2.24) is 5.32 Å². The Hall–Kier alpha value is -1.26. The third-order valence-corrected chi connectivity index (χ3v) is 3.41. The first-order valence-corrected chi connectivity index (χ1v) is 8.77. The number of carbonyl (C=O) groups is 2. The molecule has 0 aromatic heterocycles.